The van der Waals surface area contributed by atoms with Crippen LogP contribution < -0.4 is 4.57 Å². The molecule has 0 bridgehead atoms. The van der Waals surface area contributed by atoms with Crippen molar-refractivity contribution in [1.29, 1.82) is 10.5 Å². The van der Waals surface area contributed by atoms with Crippen LogP contribution >= 0.6 is 0 Å². The third kappa shape index (κ3) is 1.86. The van der Waals surface area contributed by atoms with Crippen LogP contribution in [0.1, 0.15) is 25.2 Å². The molecule has 1 aromatic heterocycles. The standard InChI is InChI=1S/C9H10N4/c1-2-3-9-12-4-5-13(9)8(6-10)7-11/h4-5,8H,2-3H2,1H3/p+1. The third-order valence-corrected chi connectivity index (χ3v) is 1.81. The van der Waals surface area contributed by atoms with Crippen LogP contribution in [0.15, 0.2) is 12.4 Å². The molecule has 1 N–H and O–H groups in total. The molecular weight excluding hydrogens is 164 g/mol. The fraction of sp³-hybridized carbons (Fsp3) is 0.444. The molecule has 0 aromatic carbocycles. The molecule has 1 aromatic rings. The Hall–Kier alpha value is -1.81. The number of nitriles is 2. The third-order valence-electron chi connectivity index (χ3n) is 1.81. The van der Waals surface area contributed by atoms with Crippen molar-refractivity contribution in [2.75, 3.05) is 0 Å². The summed E-state index contributed by atoms with van der Waals surface area (Å²) in [7, 11) is 0. The first kappa shape index (κ1) is 9.28. The second-order valence-electron chi connectivity index (χ2n) is 2.72. The minimum atomic E-state index is -0.715. The molecule has 4 heteroatoms. The summed E-state index contributed by atoms with van der Waals surface area (Å²) in [6.45, 7) is 2.05. The van der Waals surface area contributed by atoms with Gasteiger partial charge < -0.3 is 0 Å². The fourth-order valence-corrected chi connectivity index (χ4v) is 1.21. The first-order valence-corrected chi connectivity index (χ1v) is 4.20. The van der Waals surface area contributed by atoms with E-state index in [1.165, 1.54) is 0 Å². The van der Waals surface area contributed by atoms with E-state index < -0.39 is 6.04 Å². The van der Waals surface area contributed by atoms with Crippen LogP contribution in [0.4, 0.5) is 0 Å². The number of rotatable bonds is 3. The summed E-state index contributed by atoms with van der Waals surface area (Å²) in [4.78, 5) is 3.02. The van der Waals surface area contributed by atoms with Gasteiger partial charge in [-0.05, 0) is 6.42 Å². The average molecular weight is 175 g/mol. The molecule has 0 saturated heterocycles. The van der Waals surface area contributed by atoms with Crippen molar-refractivity contribution in [3.8, 4) is 12.1 Å². The van der Waals surface area contributed by atoms with E-state index in [2.05, 4.69) is 11.9 Å². The maximum atomic E-state index is 8.68. The largest absolute Gasteiger partial charge is 0.272 e. The first-order chi connectivity index (χ1) is 6.33. The lowest BCUT2D eigenvalue weighted by Gasteiger charge is -1.97. The molecule has 0 amide bonds. The highest BCUT2D eigenvalue weighted by Crippen LogP contribution is 1.98. The van der Waals surface area contributed by atoms with E-state index >= 15 is 0 Å². The van der Waals surface area contributed by atoms with Crippen molar-refractivity contribution in [2.45, 2.75) is 25.8 Å². The minimum absolute atomic E-state index is 0.715. The number of nitrogens with one attached hydrogen (secondary N) is 1. The van der Waals surface area contributed by atoms with E-state index in [4.69, 9.17) is 10.5 Å². The van der Waals surface area contributed by atoms with Crippen molar-refractivity contribution in [3.63, 3.8) is 0 Å². The van der Waals surface area contributed by atoms with Crippen molar-refractivity contribution in [3.05, 3.63) is 18.2 Å². The Morgan fingerprint density at radius 3 is 2.77 bits per heavy atom. The Morgan fingerprint density at radius 2 is 2.23 bits per heavy atom. The van der Waals surface area contributed by atoms with Gasteiger partial charge in [0.25, 0.3) is 11.9 Å². The summed E-state index contributed by atoms with van der Waals surface area (Å²) in [5.41, 5.74) is 0. The van der Waals surface area contributed by atoms with Crippen LogP contribution in [0.25, 0.3) is 0 Å². The zero-order valence-electron chi connectivity index (χ0n) is 7.49. The van der Waals surface area contributed by atoms with Crippen LogP contribution in [-0.4, -0.2) is 4.98 Å². The number of aromatic nitrogens is 2. The smallest absolute Gasteiger partial charge is 0.248 e. The predicted molar refractivity (Wildman–Crippen MR) is 45.2 cm³/mol. The molecule has 0 saturated carbocycles. The Morgan fingerprint density at radius 1 is 1.54 bits per heavy atom. The number of aryl methyl sites for hydroxylation is 1. The zero-order valence-corrected chi connectivity index (χ0v) is 7.49. The molecule has 1 rings (SSSR count). The second-order valence-corrected chi connectivity index (χ2v) is 2.72. The van der Waals surface area contributed by atoms with Gasteiger partial charge in [-0.15, -0.1) is 0 Å². The summed E-state index contributed by atoms with van der Waals surface area (Å²) in [5.74, 6) is 0.926. The summed E-state index contributed by atoms with van der Waals surface area (Å²) in [5, 5.41) is 17.4. The van der Waals surface area contributed by atoms with E-state index in [9.17, 15) is 0 Å². The monoisotopic (exact) mass is 175 g/mol. The van der Waals surface area contributed by atoms with Crippen molar-refractivity contribution in [2.24, 2.45) is 0 Å². The molecule has 0 aliphatic carbocycles. The van der Waals surface area contributed by atoms with Crippen molar-refractivity contribution >= 4 is 0 Å². The average Bonchev–Trinajstić information content (AvgIpc) is 2.57. The molecule has 0 atom stereocenters. The van der Waals surface area contributed by atoms with Crippen LogP contribution in [-0.2, 0) is 6.42 Å². The molecule has 4 nitrogen and oxygen atoms in total. The molecular formula is C9H11N4+. The van der Waals surface area contributed by atoms with Crippen LogP contribution in [0.5, 0.6) is 0 Å². The van der Waals surface area contributed by atoms with Crippen molar-refractivity contribution in [1.82, 2.24) is 4.98 Å². The highest BCUT2D eigenvalue weighted by atomic mass is 15.1. The quantitative estimate of drug-likeness (QED) is 0.692. The molecule has 0 unspecified atom stereocenters. The van der Waals surface area contributed by atoms with Gasteiger partial charge in [0.1, 0.15) is 24.5 Å². The van der Waals surface area contributed by atoms with E-state index in [1.54, 1.807) is 17.0 Å². The molecule has 13 heavy (non-hydrogen) atoms. The zero-order chi connectivity index (χ0) is 9.68. The molecule has 0 fully saturated rings. The summed E-state index contributed by atoms with van der Waals surface area (Å²) in [6, 6.07) is 3.15. The molecule has 1 heterocycles. The van der Waals surface area contributed by atoms with E-state index in [-0.39, 0.29) is 0 Å². The predicted octanol–water partition coefficient (Wildman–Crippen LogP) is 0.843. The number of aromatic amines is 1. The highest BCUT2D eigenvalue weighted by molar-refractivity contribution is 4.97. The van der Waals surface area contributed by atoms with Crippen molar-refractivity contribution < 1.29 is 4.57 Å². The second kappa shape index (κ2) is 4.27. The maximum Gasteiger partial charge on any atom is 0.272 e. The first-order valence-electron chi connectivity index (χ1n) is 4.20. The SMILES string of the molecule is CCCc1[nH]cc[n+]1C(C#N)C#N. The molecule has 0 radical (unpaired) electrons. The molecule has 66 valence electrons. The number of nitrogens with zero attached hydrogens (tertiary/aromatic N) is 3. The van der Waals surface area contributed by atoms with Gasteiger partial charge in [-0.2, -0.15) is 10.5 Å². The van der Waals surface area contributed by atoms with Gasteiger partial charge >= 0.3 is 0 Å². The minimum Gasteiger partial charge on any atom is -0.248 e. The maximum absolute atomic E-state index is 8.68. The number of imidazole rings is 1. The Labute approximate surface area is 77.0 Å². The van der Waals surface area contributed by atoms with Gasteiger partial charge in [-0.1, -0.05) is 6.92 Å². The number of hydrogen-bond acceptors (Lipinski definition) is 2. The lowest BCUT2D eigenvalue weighted by molar-refractivity contribution is -0.703. The lowest BCUT2D eigenvalue weighted by atomic mass is 10.3. The highest BCUT2D eigenvalue weighted by Gasteiger charge is 2.18. The summed E-state index contributed by atoms with van der Waals surface area (Å²) >= 11 is 0. The topological polar surface area (TPSA) is 67.2 Å². The van der Waals surface area contributed by atoms with Crippen LogP contribution in [0.2, 0.25) is 0 Å². The normalized spacial score (nSPS) is 9.54. The fourth-order valence-electron chi connectivity index (χ4n) is 1.21. The Kier molecular flexibility index (Phi) is 3.05. The van der Waals surface area contributed by atoms with E-state index in [0.717, 1.165) is 18.7 Å². The van der Waals surface area contributed by atoms with E-state index in [0.29, 0.717) is 0 Å². The number of hydrogen-bond donors (Lipinski definition) is 1. The van der Waals surface area contributed by atoms with Gasteiger partial charge in [-0.25, -0.2) is 9.55 Å². The van der Waals surface area contributed by atoms with Gasteiger partial charge in [0.05, 0.1) is 0 Å². The molecule has 0 spiro atoms. The lowest BCUT2D eigenvalue weighted by Crippen LogP contribution is -2.40. The Balaban J connectivity index is 2.95. The summed E-state index contributed by atoms with van der Waals surface area (Å²) in [6.07, 6.45) is 5.31. The van der Waals surface area contributed by atoms with E-state index in [1.807, 2.05) is 12.1 Å². The van der Waals surface area contributed by atoms with Gasteiger partial charge in [0.2, 0.25) is 0 Å². The number of H-pyrrole nitrogens is 1. The molecule has 0 aliphatic heterocycles. The van der Waals surface area contributed by atoms with Gasteiger partial charge in [0, 0.05) is 6.42 Å². The molecule has 0 aliphatic rings. The Bertz CT molecular complexity index is 338. The van der Waals surface area contributed by atoms with Gasteiger partial charge in [0.15, 0.2) is 0 Å². The summed E-state index contributed by atoms with van der Waals surface area (Å²) < 4.78 is 1.67. The van der Waals surface area contributed by atoms with Crippen LogP contribution in [0, 0.1) is 22.7 Å². The van der Waals surface area contributed by atoms with Crippen LogP contribution in [0.3, 0.4) is 0 Å². The van der Waals surface area contributed by atoms with Gasteiger partial charge in [-0.3, -0.25) is 0 Å².